The normalized spacial score (nSPS) is 20.3. The van der Waals surface area contributed by atoms with E-state index in [1.54, 1.807) is 0 Å². The van der Waals surface area contributed by atoms with Gasteiger partial charge in [-0.1, -0.05) is 11.6 Å². The molecule has 1 atom stereocenters. The molecular formula is C11H12ClF2NO. The fraction of sp³-hybridized carbons (Fsp3) is 0.455. The number of halogens is 3. The first-order valence-electron chi connectivity index (χ1n) is 5.18. The molecule has 16 heavy (non-hydrogen) atoms. The van der Waals surface area contributed by atoms with E-state index in [0.29, 0.717) is 0 Å². The summed E-state index contributed by atoms with van der Waals surface area (Å²) >= 11 is 5.53. The lowest BCUT2D eigenvalue weighted by Crippen LogP contribution is -2.24. The van der Waals surface area contributed by atoms with E-state index in [1.165, 1.54) is 0 Å². The number of hydrogen-bond donors (Lipinski definition) is 2. The number of hydrogen-bond acceptors (Lipinski definition) is 2. The minimum Gasteiger partial charge on any atom is -0.505 e. The van der Waals surface area contributed by atoms with Crippen molar-refractivity contribution in [2.24, 2.45) is 0 Å². The van der Waals surface area contributed by atoms with E-state index < -0.39 is 17.4 Å². The molecule has 2 N–H and O–H groups in total. The molecular weight excluding hydrogens is 236 g/mol. The third-order valence-electron chi connectivity index (χ3n) is 2.85. The number of rotatable bonds is 2. The molecule has 88 valence electrons. The van der Waals surface area contributed by atoms with Gasteiger partial charge in [-0.3, -0.25) is 0 Å². The van der Waals surface area contributed by atoms with Gasteiger partial charge in [0.05, 0.1) is 5.02 Å². The summed E-state index contributed by atoms with van der Waals surface area (Å²) < 4.78 is 26.8. The summed E-state index contributed by atoms with van der Waals surface area (Å²) in [7, 11) is 0. The Hall–Kier alpha value is -0.870. The number of phenols is 1. The third kappa shape index (κ3) is 2.13. The van der Waals surface area contributed by atoms with Crippen LogP contribution in [0, 0.1) is 11.6 Å². The van der Waals surface area contributed by atoms with Crippen LogP contribution in [0.15, 0.2) is 6.07 Å². The fourth-order valence-corrected chi connectivity index (χ4v) is 2.21. The van der Waals surface area contributed by atoms with Gasteiger partial charge in [0.15, 0.2) is 11.6 Å². The van der Waals surface area contributed by atoms with Crippen LogP contribution in [0.5, 0.6) is 5.75 Å². The van der Waals surface area contributed by atoms with Crippen molar-refractivity contribution in [3.63, 3.8) is 0 Å². The Balaban J connectivity index is 2.31. The van der Waals surface area contributed by atoms with Gasteiger partial charge in [0, 0.05) is 11.6 Å². The maximum atomic E-state index is 13.6. The highest BCUT2D eigenvalue weighted by atomic mass is 35.5. The number of phenolic OH excluding ortho intramolecular Hbond substituents is 1. The van der Waals surface area contributed by atoms with Crippen LogP contribution in [0.25, 0.3) is 0 Å². The van der Waals surface area contributed by atoms with E-state index in [2.05, 4.69) is 5.32 Å². The topological polar surface area (TPSA) is 32.3 Å². The van der Waals surface area contributed by atoms with E-state index in [9.17, 15) is 13.9 Å². The summed E-state index contributed by atoms with van der Waals surface area (Å²) in [5.41, 5.74) is -0.0376. The molecule has 1 unspecified atom stereocenters. The van der Waals surface area contributed by atoms with Gasteiger partial charge in [-0.05, 0) is 31.9 Å². The van der Waals surface area contributed by atoms with E-state index in [4.69, 9.17) is 11.6 Å². The second-order valence-electron chi connectivity index (χ2n) is 3.98. The van der Waals surface area contributed by atoms with Crippen LogP contribution in [0.2, 0.25) is 5.02 Å². The SMILES string of the molecule is Oc1c(F)cc(Cl)c(F)c1CC1CCCN1. The van der Waals surface area contributed by atoms with Crippen LogP contribution < -0.4 is 5.32 Å². The van der Waals surface area contributed by atoms with E-state index >= 15 is 0 Å². The van der Waals surface area contributed by atoms with Crippen molar-refractivity contribution in [3.05, 3.63) is 28.3 Å². The van der Waals surface area contributed by atoms with E-state index in [1.807, 2.05) is 0 Å². The summed E-state index contributed by atoms with van der Waals surface area (Å²) in [6.45, 7) is 0.871. The average Bonchev–Trinajstić information content (AvgIpc) is 2.74. The molecule has 1 aromatic carbocycles. The summed E-state index contributed by atoms with van der Waals surface area (Å²) in [5, 5.41) is 12.3. The minimum atomic E-state index is -0.876. The highest BCUT2D eigenvalue weighted by molar-refractivity contribution is 6.30. The molecule has 1 aliphatic rings. The van der Waals surface area contributed by atoms with Crippen molar-refractivity contribution in [1.29, 1.82) is 0 Å². The van der Waals surface area contributed by atoms with Crippen molar-refractivity contribution in [1.82, 2.24) is 5.32 Å². The monoisotopic (exact) mass is 247 g/mol. The molecule has 0 aromatic heterocycles. The molecule has 0 amide bonds. The molecule has 1 fully saturated rings. The van der Waals surface area contributed by atoms with Gasteiger partial charge in [-0.15, -0.1) is 0 Å². The van der Waals surface area contributed by atoms with Crippen molar-refractivity contribution in [2.45, 2.75) is 25.3 Å². The molecule has 2 rings (SSSR count). The van der Waals surface area contributed by atoms with Crippen LogP contribution in [-0.2, 0) is 6.42 Å². The molecule has 0 bridgehead atoms. The Morgan fingerprint density at radius 2 is 2.25 bits per heavy atom. The largest absolute Gasteiger partial charge is 0.505 e. The zero-order chi connectivity index (χ0) is 11.7. The highest BCUT2D eigenvalue weighted by Crippen LogP contribution is 2.31. The summed E-state index contributed by atoms with van der Waals surface area (Å²) in [6.07, 6.45) is 2.16. The first-order chi connectivity index (χ1) is 7.59. The fourth-order valence-electron chi connectivity index (χ4n) is 2.00. The molecule has 1 aromatic rings. The Morgan fingerprint density at radius 1 is 1.50 bits per heavy atom. The zero-order valence-electron chi connectivity index (χ0n) is 8.56. The smallest absolute Gasteiger partial charge is 0.166 e. The van der Waals surface area contributed by atoms with Crippen molar-refractivity contribution < 1.29 is 13.9 Å². The molecule has 0 radical (unpaired) electrons. The lowest BCUT2D eigenvalue weighted by atomic mass is 10.0. The van der Waals surface area contributed by atoms with Gasteiger partial charge in [0.2, 0.25) is 0 Å². The number of aromatic hydroxyl groups is 1. The van der Waals surface area contributed by atoms with Crippen LogP contribution in [0.1, 0.15) is 18.4 Å². The number of nitrogens with one attached hydrogen (secondary N) is 1. The predicted octanol–water partition coefficient (Wildman–Crippen LogP) is 2.62. The van der Waals surface area contributed by atoms with Crippen molar-refractivity contribution in [3.8, 4) is 5.75 Å². The van der Waals surface area contributed by atoms with Gasteiger partial charge < -0.3 is 10.4 Å². The molecule has 2 nitrogen and oxygen atoms in total. The Morgan fingerprint density at radius 3 is 2.88 bits per heavy atom. The quantitative estimate of drug-likeness (QED) is 0.788. The maximum Gasteiger partial charge on any atom is 0.166 e. The van der Waals surface area contributed by atoms with Crippen LogP contribution >= 0.6 is 11.6 Å². The van der Waals surface area contributed by atoms with Gasteiger partial charge in [-0.25, -0.2) is 8.78 Å². The summed E-state index contributed by atoms with van der Waals surface area (Å²) in [6, 6.07) is 0.871. The molecule has 0 saturated carbocycles. The Labute approximate surface area is 97.2 Å². The summed E-state index contributed by atoms with van der Waals surface area (Å²) in [5.74, 6) is -2.23. The van der Waals surface area contributed by atoms with E-state index in [-0.39, 0.29) is 23.0 Å². The van der Waals surface area contributed by atoms with Gasteiger partial charge in [0.1, 0.15) is 5.82 Å². The maximum absolute atomic E-state index is 13.6. The van der Waals surface area contributed by atoms with Crippen LogP contribution in [-0.4, -0.2) is 17.7 Å². The summed E-state index contributed by atoms with van der Waals surface area (Å²) in [4.78, 5) is 0. The second-order valence-corrected chi connectivity index (χ2v) is 4.39. The first-order valence-corrected chi connectivity index (χ1v) is 5.56. The van der Waals surface area contributed by atoms with E-state index in [0.717, 1.165) is 25.5 Å². The van der Waals surface area contributed by atoms with Crippen molar-refractivity contribution in [2.75, 3.05) is 6.54 Å². The molecule has 1 aliphatic heterocycles. The van der Waals surface area contributed by atoms with Gasteiger partial charge in [0.25, 0.3) is 0 Å². The number of benzene rings is 1. The van der Waals surface area contributed by atoms with Crippen molar-refractivity contribution >= 4 is 11.6 Å². The standard InChI is InChI=1S/C11H12ClF2NO/c12-8-5-9(13)11(16)7(10(8)14)4-6-2-1-3-15-6/h5-6,15-16H,1-4H2. The zero-order valence-corrected chi connectivity index (χ0v) is 9.32. The van der Waals surface area contributed by atoms with Crippen LogP contribution in [0.4, 0.5) is 8.78 Å². The Kier molecular flexibility index (Phi) is 3.30. The molecule has 0 spiro atoms. The molecule has 0 aliphatic carbocycles. The molecule has 1 heterocycles. The highest BCUT2D eigenvalue weighted by Gasteiger charge is 2.22. The predicted molar refractivity (Wildman–Crippen MR) is 57.8 cm³/mol. The lowest BCUT2D eigenvalue weighted by Gasteiger charge is -2.13. The molecule has 1 saturated heterocycles. The third-order valence-corrected chi connectivity index (χ3v) is 3.13. The Bertz CT molecular complexity index is 379. The minimum absolute atomic E-state index is 0.0376. The average molecular weight is 248 g/mol. The lowest BCUT2D eigenvalue weighted by molar-refractivity contribution is 0.412. The first kappa shape index (κ1) is 11.6. The second kappa shape index (κ2) is 4.55. The van der Waals surface area contributed by atoms with Gasteiger partial charge >= 0.3 is 0 Å². The molecule has 5 heteroatoms. The van der Waals surface area contributed by atoms with Crippen LogP contribution in [0.3, 0.4) is 0 Å². The van der Waals surface area contributed by atoms with Gasteiger partial charge in [-0.2, -0.15) is 0 Å².